The van der Waals surface area contributed by atoms with Gasteiger partial charge in [0, 0.05) is 55.8 Å². The Labute approximate surface area is 152 Å². The predicted octanol–water partition coefficient (Wildman–Crippen LogP) is 1.62. The molecule has 7 nitrogen and oxygen atoms in total. The van der Waals surface area contributed by atoms with Crippen molar-refractivity contribution in [2.45, 2.75) is 12.6 Å². The van der Waals surface area contributed by atoms with Crippen LogP contribution < -0.4 is 16.0 Å². The lowest BCUT2D eigenvalue weighted by Crippen LogP contribution is -2.42. The summed E-state index contributed by atoms with van der Waals surface area (Å²) >= 11 is 0. The van der Waals surface area contributed by atoms with Gasteiger partial charge in [0.25, 0.3) is 0 Å². The van der Waals surface area contributed by atoms with E-state index in [0.717, 1.165) is 42.2 Å². The van der Waals surface area contributed by atoms with Crippen molar-refractivity contribution < 1.29 is 4.79 Å². The second-order valence-electron chi connectivity index (χ2n) is 6.56. The van der Waals surface area contributed by atoms with Crippen molar-refractivity contribution in [2.75, 3.05) is 20.1 Å². The number of carbonyl (C=O) groups is 1. The highest BCUT2D eigenvalue weighted by atomic mass is 16.2. The average molecular weight is 350 g/mol. The van der Waals surface area contributed by atoms with E-state index in [1.54, 1.807) is 7.05 Å². The van der Waals surface area contributed by atoms with Crippen molar-refractivity contribution in [2.24, 2.45) is 5.92 Å². The Morgan fingerprint density at radius 3 is 2.69 bits per heavy atom. The molecule has 2 amide bonds. The Hall–Kier alpha value is -3.09. The molecule has 1 fully saturated rings. The SMILES string of the molecule is CNC(=O)N1CCC(C2NC=C(c3cnc(-c4ccccc4)nc3)N2)C1. The molecule has 3 heterocycles. The molecule has 0 saturated carbocycles. The van der Waals surface area contributed by atoms with Crippen LogP contribution in [0.2, 0.25) is 0 Å². The molecule has 2 unspecified atom stereocenters. The highest BCUT2D eigenvalue weighted by Crippen LogP contribution is 2.24. The summed E-state index contributed by atoms with van der Waals surface area (Å²) in [5, 5.41) is 9.57. The smallest absolute Gasteiger partial charge is 0.317 e. The fourth-order valence-electron chi connectivity index (χ4n) is 3.45. The summed E-state index contributed by atoms with van der Waals surface area (Å²) in [7, 11) is 1.67. The standard InChI is InChI=1S/C19H22N6O/c1-20-19(26)25-8-7-14(12-25)18-23-11-16(24-18)15-9-21-17(22-10-15)13-5-3-2-4-6-13/h2-6,9-11,14,18,23-24H,7-8,12H2,1H3,(H,20,26). The van der Waals surface area contributed by atoms with Crippen molar-refractivity contribution in [3.8, 4) is 11.4 Å². The van der Waals surface area contributed by atoms with Crippen LogP contribution in [0.5, 0.6) is 0 Å². The number of rotatable bonds is 3. The normalized spacial score (nSPS) is 21.7. The Morgan fingerprint density at radius 1 is 1.19 bits per heavy atom. The molecule has 2 aliphatic rings. The van der Waals surface area contributed by atoms with Gasteiger partial charge in [-0.1, -0.05) is 30.3 Å². The molecule has 134 valence electrons. The van der Waals surface area contributed by atoms with Gasteiger partial charge in [-0.3, -0.25) is 0 Å². The maximum atomic E-state index is 11.8. The van der Waals surface area contributed by atoms with Gasteiger partial charge in [0.05, 0.1) is 5.70 Å². The molecule has 0 spiro atoms. The molecule has 2 aliphatic heterocycles. The maximum absolute atomic E-state index is 11.8. The Bertz CT molecular complexity index is 805. The number of nitrogens with zero attached hydrogens (tertiary/aromatic N) is 3. The summed E-state index contributed by atoms with van der Waals surface area (Å²) in [5.74, 6) is 1.08. The van der Waals surface area contributed by atoms with E-state index in [2.05, 4.69) is 25.9 Å². The number of urea groups is 1. The van der Waals surface area contributed by atoms with Crippen LogP contribution in [0.3, 0.4) is 0 Å². The second kappa shape index (κ2) is 7.03. The first-order valence-electron chi connectivity index (χ1n) is 8.82. The van der Waals surface area contributed by atoms with Crippen LogP contribution >= 0.6 is 0 Å². The number of hydrogen-bond acceptors (Lipinski definition) is 5. The summed E-state index contributed by atoms with van der Waals surface area (Å²) < 4.78 is 0. The number of amides is 2. The number of carbonyl (C=O) groups excluding carboxylic acids is 1. The Kier molecular flexibility index (Phi) is 4.43. The zero-order valence-electron chi connectivity index (χ0n) is 14.6. The average Bonchev–Trinajstić information content (AvgIpc) is 3.38. The third kappa shape index (κ3) is 3.20. The van der Waals surface area contributed by atoms with Gasteiger partial charge in [0.2, 0.25) is 0 Å². The third-order valence-corrected chi connectivity index (χ3v) is 4.91. The fraction of sp³-hybridized carbons (Fsp3) is 0.316. The van der Waals surface area contributed by atoms with Crippen LogP contribution in [0.1, 0.15) is 12.0 Å². The molecular formula is C19H22N6O. The molecule has 3 N–H and O–H groups in total. The molecule has 0 radical (unpaired) electrons. The minimum absolute atomic E-state index is 0.0106. The van der Waals surface area contributed by atoms with Gasteiger partial charge in [-0.2, -0.15) is 0 Å². The molecule has 2 aromatic rings. The lowest BCUT2D eigenvalue weighted by Gasteiger charge is -2.21. The highest BCUT2D eigenvalue weighted by Gasteiger charge is 2.33. The Balaban J connectivity index is 1.39. The zero-order valence-corrected chi connectivity index (χ0v) is 14.6. The van der Waals surface area contributed by atoms with Gasteiger partial charge in [-0.15, -0.1) is 0 Å². The topological polar surface area (TPSA) is 82.2 Å². The molecule has 1 aromatic heterocycles. The molecule has 0 aliphatic carbocycles. The molecule has 1 saturated heterocycles. The van der Waals surface area contributed by atoms with E-state index in [0.29, 0.717) is 5.92 Å². The van der Waals surface area contributed by atoms with Crippen LogP contribution in [0.25, 0.3) is 17.1 Å². The lowest BCUT2D eigenvalue weighted by molar-refractivity contribution is 0.208. The van der Waals surface area contributed by atoms with E-state index in [4.69, 9.17) is 0 Å². The quantitative estimate of drug-likeness (QED) is 0.784. The van der Waals surface area contributed by atoms with Crippen LogP contribution in [-0.2, 0) is 0 Å². The van der Waals surface area contributed by atoms with E-state index in [9.17, 15) is 4.79 Å². The van der Waals surface area contributed by atoms with Crippen LogP contribution in [0.4, 0.5) is 4.79 Å². The summed E-state index contributed by atoms with van der Waals surface area (Å²) in [6.07, 6.45) is 6.73. The maximum Gasteiger partial charge on any atom is 0.317 e. The zero-order chi connectivity index (χ0) is 17.9. The fourth-order valence-corrected chi connectivity index (χ4v) is 3.45. The monoisotopic (exact) mass is 350 g/mol. The van der Waals surface area contributed by atoms with Crippen LogP contribution in [0, 0.1) is 5.92 Å². The predicted molar refractivity (Wildman–Crippen MR) is 99.6 cm³/mol. The lowest BCUT2D eigenvalue weighted by atomic mass is 10.1. The molecular weight excluding hydrogens is 328 g/mol. The summed E-state index contributed by atoms with van der Waals surface area (Å²) in [6, 6.07) is 9.92. The third-order valence-electron chi connectivity index (χ3n) is 4.91. The van der Waals surface area contributed by atoms with Gasteiger partial charge >= 0.3 is 6.03 Å². The number of hydrogen-bond donors (Lipinski definition) is 3. The molecule has 7 heteroatoms. The van der Waals surface area contributed by atoms with E-state index in [-0.39, 0.29) is 12.2 Å². The molecule has 4 rings (SSSR count). The first-order valence-corrected chi connectivity index (χ1v) is 8.82. The number of aromatic nitrogens is 2. The van der Waals surface area contributed by atoms with Gasteiger partial charge in [0.15, 0.2) is 5.82 Å². The molecule has 0 bridgehead atoms. The van der Waals surface area contributed by atoms with Gasteiger partial charge < -0.3 is 20.9 Å². The van der Waals surface area contributed by atoms with Gasteiger partial charge in [-0.05, 0) is 6.42 Å². The van der Waals surface area contributed by atoms with Crippen molar-refractivity contribution in [3.63, 3.8) is 0 Å². The van der Waals surface area contributed by atoms with Gasteiger partial charge in [0.1, 0.15) is 6.17 Å². The number of likely N-dealkylation sites (tertiary alicyclic amines) is 1. The van der Waals surface area contributed by atoms with E-state index in [1.807, 2.05) is 53.8 Å². The molecule has 26 heavy (non-hydrogen) atoms. The molecule has 2 atom stereocenters. The minimum Gasteiger partial charge on any atom is -0.369 e. The van der Waals surface area contributed by atoms with E-state index >= 15 is 0 Å². The summed E-state index contributed by atoms with van der Waals surface area (Å²) in [6.45, 7) is 1.53. The minimum atomic E-state index is -0.0106. The van der Waals surface area contributed by atoms with Crippen LogP contribution in [0.15, 0.2) is 48.9 Å². The van der Waals surface area contributed by atoms with Crippen molar-refractivity contribution >= 4 is 11.7 Å². The highest BCUT2D eigenvalue weighted by molar-refractivity contribution is 5.74. The van der Waals surface area contributed by atoms with Crippen molar-refractivity contribution in [1.82, 2.24) is 30.8 Å². The first kappa shape index (κ1) is 16.4. The molecule has 1 aromatic carbocycles. The van der Waals surface area contributed by atoms with Crippen LogP contribution in [-0.4, -0.2) is 47.2 Å². The van der Waals surface area contributed by atoms with Crippen molar-refractivity contribution in [1.29, 1.82) is 0 Å². The van der Waals surface area contributed by atoms with E-state index in [1.165, 1.54) is 0 Å². The summed E-state index contributed by atoms with van der Waals surface area (Å²) in [5.41, 5.74) is 2.93. The number of nitrogens with one attached hydrogen (secondary N) is 3. The Morgan fingerprint density at radius 2 is 1.96 bits per heavy atom. The largest absolute Gasteiger partial charge is 0.369 e. The summed E-state index contributed by atoms with van der Waals surface area (Å²) in [4.78, 5) is 22.6. The number of benzene rings is 1. The second-order valence-corrected chi connectivity index (χ2v) is 6.56. The van der Waals surface area contributed by atoms with Gasteiger partial charge in [-0.25, -0.2) is 14.8 Å². The van der Waals surface area contributed by atoms with E-state index < -0.39 is 0 Å². The first-order chi connectivity index (χ1) is 12.7. The van der Waals surface area contributed by atoms with Crippen molar-refractivity contribution in [3.05, 3.63) is 54.5 Å².